The van der Waals surface area contributed by atoms with Crippen LogP contribution >= 0.6 is 0 Å². The van der Waals surface area contributed by atoms with E-state index in [1.165, 1.54) is 6.33 Å². The summed E-state index contributed by atoms with van der Waals surface area (Å²) in [6.45, 7) is 0. The number of nitrogens with one attached hydrogen (secondary N) is 1. The van der Waals surface area contributed by atoms with Crippen molar-refractivity contribution in [3.05, 3.63) is 48.2 Å². The van der Waals surface area contributed by atoms with Crippen molar-refractivity contribution in [2.24, 2.45) is 0 Å². The second-order valence-corrected chi connectivity index (χ2v) is 4.14. The van der Waals surface area contributed by atoms with Crippen LogP contribution in [0, 0.1) is 0 Å². The number of hydrogen-bond acceptors (Lipinski definition) is 4. The molecule has 2 aromatic heterocycles. The molecule has 3 aromatic rings. The number of nitrogens with zero attached hydrogens (tertiary/aromatic N) is 3. The van der Waals surface area contributed by atoms with E-state index < -0.39 is 0 Å². The molecule has 3 rings (SSSR count). The lowest BCUT2D eigenvalue weighted by molar-refractivity contribution is 0.891. The number of aryl methyl sites for hydroxylation is 2. The van der Waals surface area contributed by atoms with Crippen molar-refractivity contribution in [3.8, 4) is 0 Å². The van der Waals surface area contributed by atoms with Gasteiger partial charge in [0.25, 0.3) is 0 Å². The normalized spacial score (nSPS) is 10.9. The number of para-hydroxylation sites is 1. The van der Waals surface area contributed by atoms with Gasteiger partial charge in [0.2, 0.25) is 0 Å². The molecule has 0 aliphatic carbocycles. The van der Waals surface area contributed by atoms with Crippen molar-refractivity contribution in [2.45, 2.75) is 12.8 Å². The Morgan fingerprint density at radius 1 is 1.17 bits per heavy atom. The van der Waals surface area contributed by atoms with E-state index in [2.05, 4.69) is 19.9 Å². The number of anilines is 1. The average Bonchev–Trinajstić information content (AvgIpc) is 2.80. The van der Waals surface area contributed by atoms with Crippen molar-refractivity contribution in [3.63, 3.8) is 0 Å². The van der Waals surface area contributed by atoms with E-state index in [1.54, 1.807) is 6.20 Å². The molecule has 1 aromatic carbocycles. The molecular formula is C13H13N5. The topological polar surface area (TPSA) is 80.5 Å². The van der Waals surface area contributed by atoms with E-state index in [0.717, 1.165) is 35.4 Å². The van der Waals surface area contributed by atoms with Gasteiger partial charge in [-0.25, -0.2) is 15.0 Å². The first-order valence-electron chi connectivity index (χ1n) is 5.81. The zero-order valence-electron chi connectivity index (χ0n) is 9.80. The predicted molar refractivity (Wildman–Crippen MR) is 69.9 cm³/mol. The summed E-state index contributed by atoms with van der Waals surface area (Å²) in [6.07, 6.45) is 4.91. The van der Waals surface area contributed by atoms with Gasteiger partial charge in [-0.1, -0.05) is 18.2 Å². The van der Waals surface area contributed by atoms with Gasteiger partial charge in [-0.15, -0.1) is 0 Å². The number of fused-ring (bicyclic) bond motifs is 1. The van der Waals surface area contributed by atoms with E-state index >= 15 is 0 Å². The van der Waals surface area contributed by atoms with Gasteiger partial charge < -0.3 is 10.7 Å². The summed E-state index contributed by atoms with van der Waals surface area (Å²) in [7, 11) is 0. The first-order chi connectivity index (χ1) is 8.83. The Morgan fingerprint density at radius 3 is 2.89 bits per heavy atom. The molecule has 0 amide bonds. The number of benzene rings is 1. The van der Waals surface area contributed by atoms with Gasteiger partial charge in [-0.2, -0.15) is 0 Å². The van der Waals surface area contributed by atoms with Crippen LogP contribution in [0.1, 0.15) is 11.4 Å². The first-order valence-corrected chi connectivity index (χ1v) is 5.81. The quantitative estimate of drug-likeness (QED) is 0.682. The lowest BCUT2D eigenvalue weighted by atomic mass is 10.1. The molecule has 0 saturated heterocycles. The number of H-pyrrole nitrogens is 1. The molecule has 18 heavy (non-hydrogen) atoms. The second kappa shape index (κ2) is 4.44. The van der Waals surface area contributed by atoms with Crippen LogP contribution in [0.5, 0.6) is 0 Å². The molecule has 0 unspecified atom stereocenters. The van der Waals surface area contributed by atoms with Gasteiger partial charge in [0.15, 0.2) is 5.65 Å². The highest BCUT2D eigenvalue weighted by Gasteiger charge is 2.05. The van der Waals surface area contributed by atoms with Crippen molar-refractivity contribution in [2.75, 3.05) is 5.73 Å². The molecule has 3 N–H and O–H groups in total. The zero-order chi connectivity index (χ0) is 12.4. The minimum atomic E-state index is 0.709. The summed E-state index contributed by atoms with van der Waals surface area (Å²) in [5.74, 6) is 0.911. The molecule has 0 atom stereocenters. The number of aromatic amines is 1. The predicted octanol–water partition coefficient (Wildman–Crippen LogP) is 1.72. The summed E-state index contributed by atoms with van der Waals surface area (Å²) in [6, 6.07) is 7.89. The van der Waals surface area contributed by atoms with E-state index in [-0.39, 0.29) is 0 Å². The Labute approximate surface area is 104 Å². The van der Waals surface area contributed by atoms with Crippen LogP contribution in [0.4, 0.5) is 5.69 Å². The molecule has 0 spiro atoms. The van der Waals surface area contributed by atoms with Crippen molar-refractivity contribution >= 4 is 16.9 Å². The van der Waals surface area contributed by atoms with Gasteiger partial charge in [0.1, 0.15) is 17.7 Å². The smallest absolute Gasteiger partial charge is 0.180 e. The Balaban J connectivity index is 1.79. The molecule has 0 aliphatic heterocycles. The Morgan fingerprint density at radius 2 is 2.06 bits per heavy atom. The SMILES string of the molecule is Nc1ccccc1CCc1nc2ncncc2[nH]1. The van der Waals surface area contributed by atoms with Gasteiger partial charge in [0.05, 0.1) is 6.20 Å². The lowest BCUT2D eigenvalue weighted by Crippen LogP contribution is -1.97. The Kier molecular flexibility index (Phi) is 2.64. The number of rotatable bonds is 3. The van der Waals surface area contributed by atoms with Crippen molar-refractivity contribution < 1.29 is 0 Å². The maximum Gasteiger partial charge on any atom is 0.180 e. The van der Waals surface area contributed by atoms with Gasteiger partial charge in [-0.05, 0) is 18.1 Å². The number of nitrogens with two attached hydrogens (primary N) is 1. The summed E-state index contributed by atoms with van der Waals surface area (Å²) in [4.78, 5) is 15.7. The fourth-order valence-electron chi connectivity index (χ4n) is 1.95. The number of imidazole rings is 1. The lowest BCUT2D eigenvalue weighted by Gasteiger charge is -2.03. The molecule has 90 valence electrons. The summed E-state index contributed by atoms with van der Waals surface area (Å²) < 4.78 is 0. The largest absolute Gasteiger partial charge is 0.399 e. The standard InChI is InChI=1S/C13H13N5/c14-10-4-2-1-3-9(10)5-6-12-17-11-7-15-8-16-13(11)18-12/h1-4,7-8H,5-6,14H2,(H,15,16,17,18). The third-order valence-electron chi connectivity index (χ3n) is 2.90. The molecule has 0 aliphatic rings. The third-order valence-corrected chi connectivity index (χ3v) is 2.90. The molecule has 0 saturated carbocycles. The third kappa shape index (κ3) is 2.02. The minimum Gasteiger partial charge on any atom is -0.399 e. The fourth-order valence-corrected chi connectivity index (χ4v) is 1.95. The van der Waals surface area contributed by atoms with Crippen LogP contribution in [-0.4, -0.2) is 19.9 Å². The molecule has 0 radical (unpaired) electrons. The van der Waals surface area contributed by atoms with Crippen LogP contribution in [0.15, 0.2) is 36.8 Å². The molecule has 0 fully saturated rings. The number of hydrogen-bond donors (Lipinski definition) is 2. The number of aromatic nitrogens is 4. The van der Waals surface area contributed by atoms with E-state index in [1.807, 2.05) is 24.3 Å². The summed E-state index contributed by atoms with van der Waals surface area (Å²) in [5.41, 5.74) is 9.46. The van der Waals surface area contributed by atoms with Crippen LogP contribution in [0.2, 0.25) is 0 Å². The van der Waals surface area contributed by atoms with Crippen LogP contribution in [-0.2, 0) is 12.8 Å². The van der Waals surface area contributed by atoms with Crippen molar-refractivity contribution in [1.82, 2.24) is 19.9 Å². The van der Waals surface area contributed by atoms with Crippen LogP contribution in [0.25, 0.3) is 11.2 Å². The van der Waals surface area contributed by atoms with Crippen LogP contribution < -0.4 is 5.73 Å². The van der Waals surface area contributed by atoms with E-state index in [0.29, 0.717) is 5.65 Å². The van der Waals surface area contributed by atoms with Crippen LogP contribution in [0.3, 0.4) is 0 Å². The molecule has 0 bridgehead atoms. The maximum atomic E-state index is 5.91. The maximum absolute atomic E-state index is 5.91. The highest BCUT2D eigenvalue weighted by molar-refractivity contribution is 5.68. The van der Waals surface area contributed by atoms with E-state index in [9.17, 15) is 0 Å². The van der Waals surface area contributed by atoms with Crippen molar-refractivity contribution in [1.29, 1.82) is 0 Å². The van der Waals surface area contributed by atoms with Gasteiger partial charge in [-0.3, -0.25) is 0 Å². The molecule has 5 heteroatoms. The molecule has 5 nitrogen and oxygen atoms in total. The first kappa shape index (κ1) is 10.7. The molecular weight excluding hydrogens is 226 g/mol. The second-order valence-electron chi connectivity index (χ2n) is 4.14. The van der Waals surface area contributed by atoms with Gasteiger partial charge >= 0.3 is 0 Å². The zero-order valence-corrected chi connectivity index (χ0v) is 9.80. The summed E-state index contributed by atoms with van der Waals surface area (Å²) in [5, 5.41) is 0. The monoisotopic (exact) mass is 239 g/mol. The Hall–Kier alpha value is -2.43. The average molecular weight is 239 g/mol. The highest BCUT2D eigenvalue weighted by atomic mass is 15.0. The van der Waals surface area contributed by atoms with Gasteiger partial charge in [0, 0.05) is 12.1 Å². The number of nitrogen functional groups attached to an aromatic ring is 1. The Bertz CT molecular complexity index is 641. The molecule has 2 heterocycles. The van der Waals surface area contributed by atoms with E-state index in [4.69, 9.17) is 5.73 Å². The minimum absolute atomic E-state index is 0.709. The highest BCUT2D eigenvalue weighted by Crippen LogP contribution is 2.14. The fraction of sp³-hybridized carbons (Fsp3) is 0.154. The summed E-state index contributed by atoms with van der Waals surface area (Å²) >= 11 is 0.